The molecule has 0 amide bonds. The maximum atomic E-state index is 12.6. The van der Waals surface area contributed by atoms with Crippen molar-refractivity contribution in [2.45, 2.75) is 6.92 Å². The summed E-state index contributed by atoms with van der Waals surface area (Å²) in [6, 6.07) is 4.96. The van der Waals surface area contributed by atoms with Crippen molar-refractivity contribution < 1.29 is 0 Å². The van der Waals surface area contributed by atoms with E-state index >= 15 is 0 Å². The summed E-state index contributed by atoms with van der Waals surface area (Å²) in [4.78, 5) is 29.8. The first-order chi connectivity index (χ1) is 11.5. The van der Waals surface area contributed by atoms with E-state index in [2.05, 4.69) is 16.8 Å². The minimum Gasteiger partial charge on any atom is -0.286 e. The first-order valence-corrected chi connectivity index (χ1v) is 8.28. The number of hydrogen-bond acceptors (Lipinski definition) is 4. The maximum Gasteiger partial charge on any atom is 0.336 e. The number of aromatic nitrogens is 3. The van der Waals surface area contributed by atoms with Gasteiger partial charge in [0.2, 0.25) is 0 Å². The molecule has 0 N–H and O–H groups in total. The molecule has 0 fully saturated rings. The average Bonchev–Trinajstić information content (AvgIpc) is 3.05. The molecule has 2 aromatic heterocycles. The van der Waals surface area contributed by atoms with Crippen LogP contribution in [0.3, 0.4) is 0 Å². The lowest BCUT2D eigenvalue weighted by atomic mass is 10.2. The van der Waals surface area contributed by atoms with E-state index in [4.69, 9.17) is 11.6 Å². The van der Waals surface area contributed by atoms with Gasteiger partial charge in [0.05, 0.1) is 16.2 Å². The van der Waals surface area contributed by atoms with E-state index < -0.39 is 11.2 Å². The molecule has 3 rings (SSSR count). The van der Waals surface area contributed by atoms with Crippen molar-refractivity contribution in [1.29, 1.82) is 0 Å². The maximum absolute atomic E-state index is 12.6. The number of benzene rings is 1. The lowest BCUT2D eigenvalue weighted by molar-refractivity contribution is 0.776. The molecule has 0 spiro atoms. The molecule has 0 aliphatic carbocycles. The van der Waals surface area contributed by atoms with Gasteiger partial charge in [0.1, 0.15) is 4.83 Å². The van der Waals surface area contributed by atoms with Crippen LogP contribution in [0.5, 0.6) is 0 Å². The third-order valence-corrected chi connectivity index (χ3v) is 4.60. The summed E-state index contributed by atoms with van der Waals surface area (Å²) in [5, 5.41) is 0.274. The highest BCUT2D eigenvalue weighted by Crippen LogP contribution is 2.20. The molecule has 3 aromatic rings. The molecule has 5 nitrogen and oxygen atoms in total. The van der Waals surface area contributed by atoms with Crippen LogP contribution in [0.4, 0.5) is 0 Å². The van der Waals surface area contributed by atoms with E-state index in [1.807, 2.05) is 13.0 Å². The minimum atomic E-state index is -0.482. The van der Waals surface area contributed by atoms with Crippen molar-refractivity contribution in [1.82, 2.24) is 14.1 Å². The van der Waals surface area contributed by atoms with Gasteiger partial charge in [-0.1, -0.05) is 29.5 Å². The summed E-state index contributed by atoms with van der Waals surface area (Å²) in [5.41, 5.74) is 1.85. The first-order valence-electron chi connectivity index (χ1n) is 7.02. The lowest BCUT2D eigenvalue weighted by Crippen LogP contribution is -2.37. The molecule has 24 heavy (non-hydrogen) atoms. The Morgan fingerprint density at radius 3 is 2.83 bits per heavy atom. The van der Waals surface area contributed by atoms with E-state index in [0.29, 0.717) is 16.1 Å². The molecule has 7 heteroatoms. The summed E-state index contributed by atoms with van der Waals surface area (Å²) < 4.78 is 2.43. The first kappa shape index (κ1) is 16.2. The van der Waals surface area contributed by atoms with Gasteiger partial charge in [-0.05, 0) is 31.2 Å². The Morgan fingerprint density at radius 1 is 1.33 bits per heavy atom. The topological polar surface area (TPSA) is 56.9 Å². The van der Waals surface area contributed by atoms with Gasteiger partial charge in [-0.2, -0.15) is 0 Å². The molecule has 0 saturated heterocycles. The number of hydrogen-bond donors (Lipinski definition) is 0. The summed E-state index contributed by atoms with van der Waals surface area (Å²) in [6.07, 6.45) is 3.55. The van der Waals surface area contributed by atoms with E-state index in [1.54, 1.807) is 31.3 Å². The summed E-state index contributed by atoms with van der Waals surface area (Å²) in [6.45, 7) is 1.88. The van der Waals surface area contributed by atoms with Gasteiger partial charge < -0.3 is 0 Å². The van der Waals surface area contributed by atoms with Crippen LogP contribution in [0.2, 0.25) is 5.02 Å². The molecule has 2 heterocycles. The van der Waals surface area contributed by atoms with Crippen molar-refractivity contribution in [3.63, 3.8) is 0 Å². The second kappa shape index (κ2) is 6.48. The number of allylic oxidation sites excluding steroid dienone is 2. The number of fused-ring (bicyclic) bond motifs is 1. The fourth-order valence-corrected chi connectivity index (χ4v) is 3.25. The second-order valence-corrected chi connectivity index (χ2v) is 6.16. The van der Waals surface area contributed by atoms with Crippen LogP contribution >= 0.6 is 22.9 Å². The summed E-state index contributed by atoms with van der Waals surface area (Å²) in [5.74, 6) is 5.79. The van der Waals surface area contributed by atoms with Crippen molar-refractivity contribution >= 4 is 33.3 Å². The van der Waals surface area contributed by atoms with Crippen molar-refractivity contribution in [3.05, 3.63) is 67.3 Å². The Kier molecular flexibility index (Phi) is 4.38. The highest BCUT2D eigenvalue weighted by Gasteiger charge is 2.16. The standard InChI is InChI=1S/C17H12ClN3O2S/c1-3-4-5-6-11-7-8-13(12(18)9-11)21-15(22)14-16(24-10-19-14)20(2)17(21)23/h3-4,7-10H,1-2H3. The molecular weight excluding hydrogens is 346 g/mol. The van der Waals surface area contributed by atoms with E-state index in [-0.39, 0.29) is 10.5 Å². The summed E-state index contributed by atoms with van der Waals surface area (Å²) in [7, 11) is 1.60. The van der Waals surface area contributed by atoms with Crippen molar-refractivity contribution in [3.8, 4) is 17.5 Å². The van der Waals surface area contributed by atoms with Gasteiger partial charge in [-0.25, -0.2) is 14.3 Å². The molecule has 120 valence electrons. The molecular formula is C17H12ClN3O2S. The highest BCUT2D eigenvalue weighted by molar-refractivity contribution is 7.16. The van der Waals surface area contributed by atoms with Gasteiger partial charge >= 0.3 is 5.69 Å². The Balaban J connectivity index is 2.24. The van der Waals surface area contributed by atoms with E-state index in [0.717, 1.165) is 4.57 Å². The molecule has 0 radical (unpaired) electrons. The zero-order valence-electron chi connectivity index (χ0n) is 12.9. The number of rotatable bonds is 1. The Morgan fingerprint density at radius 2 is 2.12 bits per heavy atom. The van der Waals surface area contributed by atoms with Gasteiger partial charge in [-0.15, -0.1) is 11.3 Å². The van der Waals surface area contributed by atoms with Crippen LogP contribution in [0.15, 0.2) is 45.5 Å². The number of aryl methyl sites for hydroxylation is 1. The van der Waals surface area contributed by atoms with Crippen LogP contribution in [0.1, 0.15) is 12.5 Å². The molecule has 0 atom stereocenters. The van der Waals surface area contributed by atoms with Gasteiger partial charge in [0.25, 0.3) is 5.56 Å². The van der Waals surface area contributed by atoms with E-state index in [9.17, 15) is 9.59 Å². The Hall–Kier alpha value is -2.62. The van der Waals surface area contributed by atoms with Crippen molar-refractivity contribution in [2.24, 2.45) is 7.05 Å². The number of thiazole rings is 1. The Bertz CT molecular complexity index is 1140. The normalized spacial score (nSPS) is 11.0. The van der Waals surface area contributed by atoms with Crippen LogP contribution in [0.25, 0.3) is 16.0 Å². The number of nitrogens with zero attached hydrogens (tertiary/aromatic N) is 3. The largest absolute Gasteiger partial charge is 0.336 e. The molecule has 0 unspecified atom stereocenters. The van der Waals surface area contributed by atoms with E-state index in [1.165, 1.54) is 21.4 Å². The second-order valence-electron chi connectivity index (χ2n) is 4.92. The molecule has 0 saturated carbocycles. The molecule has 1 aromatic carbocycles. The molecule has 0 bridgehead atoms. The fraction of sp³-hybridized carbons (Fsp3) is 0.118. The van der Waals surface area contributed by atoms with Crippen molar-refractivity contribution in [2.75, 3.05) is 0 Å². The molecule has 0 aliphatic rings. The van der Waals surface area contributed by atoms with Gasteiger partial charge in [-0.3, -0.25) is 9.36 Å². The quantitative estimate of drug-likeness (QED) is 0.629. The fourth-order valence-electron chi connectivity index (χ4n) is 2.24. The van der Waals surface area contributed by atoms with Gasteiger partial charge in [0.15, 0.2) is 5.52 Å². The number of halogens is 1. The smallest absolute Gasteiger partial charge is 0.286 e. The molecule has 0 aliphatic heterocycles. The summed E-state index contributed by atoms with van der Waals surface area (Å²) >= 11 is 7.53. The zero-order chi connectivity index (χ0) is 17.3. The average molecular weight is 358 g/mol. The van der Waals surface area contributed by atoms with Gasteiger partial charge in [0, 0.05) is 12.6 Å². The SMILES string of the molecule is CC=CC#Cc1ccc(-n2c(=O)c3ncsc3n(C)c2=O)c(Cl)c1. The van der Waals surface area contributed by atoms with Crippen LogP contribution in [0, 0.1) is 11.8 Å². The zero-order valence-corrected chi connectivity index (χ0v) is 14.5. The monoisotopic (exact) mass is 357 g/mol. The van der Waals surface area contributed by atoms with Crippen LogP contribution < -0.4 is 11.2 Å². The highest BCUT2D eigenvalue weighted by atomic mass is 35.5. The predicted molar refractivity (Wildman–Crippen MR) is 97.2 cm³/mol. The third-order valence-electron chi connectivity index (χ3n) is 3.39. The van der Waals surface area contributed by atoms with Crippen LogP contribution in [-0.4, -0.2) is 14.1 Å². The third kappa shape index (κ3) is 2.68. The lowest BCUT2D eigenvalue weighted by Gasteiger charge is -2.09. The Labute approximate surface area is 146 Å². The predicted octanol–water partition coefficient (Wildman–Crippen LogP) is 2.73. The van der Waals surface area contributed by atoms with Crippen LogP contribution in [-0.2, 0) is 7.05 Å². The minimum absolute atomic E-state index is 0.245.